The van der Waals surface area contributed by atoms with Gasteiger partial charge in [-0.1, -0.05) is 18.5 Å². The van der Waals surface area contributed by atoms with Gasteiger partial charge in [0.15, 0.2) is 5.75 Å². The van der Waals surface area contributed by atoms with Crippen molar-refractivity contribution in [1.82, 2.24) is 9.62 Å². The van der Waals surface area contributed by atoms with E-state index in [0.29, 0.717) is 38.0 Å². The van der Waals surface area contributed by atoms with Crippen molar-refractivity contribution in [2.45, 2.75) is 56.9 Å². The van der Waals surface area contributed by atoms with Crippen molar-refractivity contribution in [2.24, 2.45) is 5.92 Å². The van der Waals surface area contributed by atoms with Crippen LogP contribution in [0.2, 0.25) is 5.02 Å². The van der Waals surface area contributed by atoms with Crippen LogP contribution < -0.4 is 19.5 Å². The number of benzene rings is 1. The van der Waals surface area contributed by atoms with E-state index in [4.69, 9.17) is 25.8 Å². The van der Waals surface area contributed by atoms with Crippen LogP contribution in [0.25, 0.3) is 0 Å². The van der Waals surface area contributed by atoms with Crippen LogP contribution in [0.1, 0.15) is 50.4 Å². The minimum absolute atomic E-state index is 0.0325. The number of methoxy groups -OCH3 is 2. The molecule has 1 fully saturated rings. The van der Waals surface area contributed by atoms with E-state index in [1.54, 1.807) is 20.8 Å². The van der Waals surface area contributed by atoms with Gasteiger partial charge in [0.25, 0.3) is 0 Å². The number of carbonyl (C=O) groups excluding carboxylic acids is 2. The Hall–Kier alpha value is -2.30. The Morgan fingerprint density at radius 1 is 1.17 bits per heavy atom. The number of hydrogen-bond acceptors (Lipinski definition) is 8. The highest BCUT2D eigenvalue weighted by atomic mass is 35.5. The molecular formula is C24H31ClN2O7S. The molecule has 1 aromatic carbocycles. The zero-order valence-corrected chi connectivity index (χ0v) is 22.1. The summed E-state index contributed by atoms with van der Waals surface area (Å²) in [6.07, 6.45) is 3.10. The molecule has 0 amide bonds. The minimum Gasteiger partial charge on any atom is -0.496 e. The van der Waals surface area contributed by atoms with E-state index in [2.05, 4.69) is 5.32 Å². The molecule has 0 aromatic heterocycles. The fraction of sp³-hybridized carbons (Fsp3) is 0.583. The van der Waals surface area contributed by atoms with Gasteiger partial charge in [-0.05, 0) is 33.1 Å². The molecule has 1 saturated heterocycles. The molecule has 2 heterocycles. The Morgan fingerprint density at radius 3 is 2.34 bits per heavy atom. The highest BCUT2D eigenvalue weighted by Gasteiger charge is 2.60. The molecule has 192 valence electrons. The smallest absolute Gasteiger partial charge is 0.236 e. The number of nitrogens with zero attached hydrogens (tertiary/aromatic N) is 1. The standard InChI is InChI=1S/C24H31ClN2O7S/c1-13(2)35(30,31)27-8-6-15(7-9-27)26-16-10-14(3)24(19(28)11-16)23(29)20-17(32-4)12-18(33-5)21(25)22(20)34-24/h11-15,26H,6-10H2,1-5H3. The number of nitrogens with one attached hydrogen (secondary N) is 1. The predicted molar refractivity (Wildman–Crippen MR) is 131 cm³/mol. The second-order valence-corrected chi connectivity index (χ2v) is 12.4. The monoisotopic (exact) mass is 526 g/mol. The molecule has 0 saturated carbocycles. The Kier molecular flexibility index (Phi) is 6.85. The summed E-state index contributed by atoms with van der Waals surface area (Å²) in [5.74, 6) is -0.802. The number of sulfonamides is 1. The van der Waals surface area contributed by atoms with Crippen LogP contribution in [0.3, 0.4) is 0 Å². The van der Waals surface area contributed by atoms with E-state index >= 15 is 0 Å². The highest BCUT2D eigenvalue weighted by Crippen LogP contribution is 2.52. The van der Waals surface area contributed by atoms with Gasteiger partial charge >= 0.3 is 0 Å². The van der Waals surface area contributed by atoms with Gasteiger partial charge in [0.1, 0.15) is 22.1 Å². The van der Waals surface area contributed by atoms with Crippen molar-refractivity contribution in [1.29, 1.82) is 0 Å². The molecule has 0 bridgehead atoms. The third kappa shape index (κ3) is 4.09. The summed E-state index contributed by atoms with van der Waals surface area (Å²) in [5.41, 5.74) is -0.866. The van der Waals surface area contributed by atoms with Gasteiger partial charge in [-0.3, -0.25) is 9.59 Å². The lowest BCUT2D eigenvalue weighted by molar-refractivity contribution is -0.129. The lowest BCUT2D eigenvalue weighted by atomic mass is 9.74. The van der Waals surface area contributed by atoms with Crippen LogP contribution in [0.15, 0.2) is 17.8 Å². The maximum absolute atomic E-state index is 13.6. The average molecular weight is 527 g/mol. The summed E-state index contributed by atoms with van der Waals surface area (Å²) >= 11 is 6.42. The topological polar surface area (TPSA) is 111 Å². The average Bonchev–Trinajstić information content (AvgIpc) is 3.13. The Balaban J connectivity index is 1.53. The fourth-order valence-corrected chi connectivity index (χ4v) is 6.63. The molecule has 1 aromatic rings. The van der Waals surface area contributed by atoms with Crippen molar-refractivity contribution in [3.8, 4) is 17.2 Å². The number of hydrogen-bond donors (Lipinski definition) is 1. The first kappa shape index (κ1) is 25.8. The number of carbonyl (C=O) groups is 2. The van der Waals surface area contributed by atoms with Gasteiger partial charge in [-0.2, -0.15) is 0 Å². The second kappa shape index (κ2) is 9.29. The molecule has 3 aliphatic rings. The van der Waals surface area contributed by atoms with Crippen molar-refractivity contribution >= 4 is 33.2 Å². The SMILES string of the molecule is COc1cc(OC)c2c(c1Cl)OC1(C(=O)C=C(NC3CCN(S(=O)(=O)C(C)C)CC3)CC1C)C2=O. The minimum atomic E-state index is -3.28. The van der Waals surface area contributed by atoms with Crippen LogP contribution in [-0.4, -0.2) is 68.5 Å². The van der Waals surface area contributed by atoms with Crippen molar-refractivity contribution < 1.29 is 32.2 Å². The van der Waals surface area contributed by atoms with Gasteiger partial charge in [0.2, 0.25) is 27.2 Å². The molecule has 1 aliphatic carbocycles. The molecule has 9 nitrogen and oxygen atoms in total. The van der Waals surface area contributed by atoms with Crippen molar-refractivity contribution in [3.63, 3.8) is 0 Å². The van der Waals surface area contributed by atoms with E-state index in [1.807, 2.05) is 0 Å². The number of piperidine rings is 1. The lowest BCUT2D eigenvalue weighted by Crippen LogP contribution is -2.56. The molecule has 2 atom stereocenters. The van der Waals surface area contributed by atoms with E-state index in [0.717, 1.165) is 0 Å². The van der Waals surface area contributed by atoms with Gasteiger partial charge in [0.05, 0.1) is 19.5 Å². The summed E-state index contributed by atoms with van der Waals surface area (Å²) in [7, 11) is -0.418. The molecule has 1 spiro atoms. The first-order valence-electron chi connectivity index (χ1n) is 11.7. The quantitative estimate of drug-likeness (QED) is 0.563. The number of ketones is 2. The largest absolute Gasteiger partial charge is 0.496 e. The first-order chi connectivity index (χ1) is 16.5. The third-order valence-corrected chi connectivity index (χ3v) is 9.74. The third-order valence-electron chi connectivity index (χ3n) is 7.11. The number of ether oxygens (including phenoxy) is 3. The molecule has 0 radical (unpaired) electrons. The van der Waals surface area contributed by atoms with E-state index in [-0.39, 0.29) is 33.9 Å². The molecular weight excluding hydrogens is 496 g/mol. The first-order valence-corrected chi connectivity index (χ1v) is 13.5. The molecule has 35 heavy (non-hydrogen) atoms. The number of fused-ring (bicyclic) bond motifs is 1. The Bertz CT molecular complexity index is 1190. The van der Waals surface area contributed by atoms with Gasteiger partial charge in [-0.15, -0.1) is 0 Å². The summed E-state index contributed by atoms with van der Waals surface area (Å²) in [5, 5.41) is 3.06. The van der Waals surface area contributed by atoms with Crippen LogP contribution in [0.4, 0.5) is 0 Å². The number of rotatable bonds is 6. The number of Topliss-reactive ketones (excluding diaryl/α,β-unsaturated/α-hetero) is 1. The number of halogens is 1. The maximum atomic E-state index is 13.6. The molecule has 2 unspecified atom stereocenters. The molecule has 1 N–H and O–H groups in total. The Morgan fingerprint density at radius 2 is 1.80 bits per heavy atom. The van der Waals surface area contributed by atoms with Gasteiger partial charge in [0, 0.05) is 42.9 Å². The van der Waals surface area contributed by atoms with Crippen molar-refractivity contribution in [3.05, 3.63) is 28.4 Å². The number of allylic oxidation sites excluding steroid dienone is 1. The summed E-state index contributed by atoms with van der Waals surface area (Å²) in [6.45, 7) is 6.01. The lowest BCUT2D eigenvalue weighted by Gasteiger charge is -2.38. The normalized spacial score (nSPS) is 25.5. The summed E-state index contributed by atoms with van der Waals surface area (Å²) < 4.78 is 43.1. The highest BCUT2D eigenvalue weighted by molar-refractivity contribution is 7.89. The van der Waals surface area contributed by atoms with Gasteiger partial charge in [-0.25, -0.2) is 12.7 Å². The molecule has 4 rings (SSSR count). The fourth-order valence-electron chi connectivity index (χ4n) is 5.04. The zero-order chi connectivity index (χ0) is 25.7. The Labute approximate surface area is 210 Å². The van der Waals surface area contributed by atoms with Crippen LogP contribution in [0.5, 0.6) is 17.2 Å². The molecule has 2 aliphatic heterocycles. The van der Waals surface area contributed by atoms with Crippen molar-refractivity contribution in [2.75, 3.05) is 27.3 Å². The summed E-state index contributed by atoms with van der Waals surface area (Å²) in [4.78, 5) is 27.0. The summed E-state index contributed by atoms with van der Waals surface area (Å²) in [6, 6.07) is 1.54. The van der Waals surface area contributed by atoms with Crippen LogP contribution >= 0.6 is 11.6 Å². The van der Waals surface area contributed by atoms with E-state index in [9.17, 15) is 18.0 Å². The molecule has 11 heteroatoms. The zero-order valence-electron chi connectivity index (χ0n) is 20.5. The van der Waals surface area contributed by atoms with E-state index < -0.39 is 38.4 Å². The predicted octanol–water partition coefficient (Wildman–Crippen LogP) is 2.96. The van der Waals surface area contributed by atoms with Crippen LogP contribution in [-0.2, 0) is 14.8 Å². The maximum Gasteiger partial charge on any atom is 0.236 e. The van der Waals surface area contributed by atoms with E-state index in [1.165, 1.54) is 30.7 Å². The second-order valence-electron chi connectivity index (χ2n) is 9.52. The van der Waals surface area contributed by atoms with Gasteiger partial charge < -0.3 is 19.5 Å². The van der Waals surface area contributed by atoms with Crippen LogP contribution in [0, 0.1) is 5.92 Å².